The first kappa shape index (κ1) is 30.2. The number of nitrogens with zero attached hydrogens (tertiary/aromatic N) is 1. The normalized spacial score (nSPS) is 22.7. The molecule has 0 spiro atoms. The quantitative estimate of drug-likeness (QED) is 0.227. The van der Waals surface area contributed by atoms with Crippen molar-refractivity contribution in [3.05, 3.63) is 70.9 Å². The Labute approximate surface area is 256 Å². The van der Waals surface area contributed by atoms with Crippen molar-refractivity contribution in [2.24, 2.45) is 5.92 Å². The van der Waals surface area contributed by atoms with Gasteiger partial charge in [-0.2, -0.15) is 0 Å². The van der Waals surface area contributed by atoms with Gasteiger partial charge in [-0.15, -0.1) is 0 Å². The van der Waals surface area contributed by atoms with Gasteiger partial charge in [0.05, 0.1) is 32.3 Å². The Morgan fingerprint density at radius 1 is 1.14 bits per heavy atom. The molecule has 1 fully saturated rings. The van der Waals surface area contributed by atoms with Crippen LogP contribution in [0.25, 0.3) is 10.9 Å². The van der Waals surface area contributed by atoms with Gasteiger partial charge in [0.15, 0.2) is 11.5 Å². The Balaban J connectivity index is 1.37. The lowest BCUT2D eigenvalue weighted by Gasteiger charge is -2.41. The highest BCUT2D eigenvalue weighted by molar-refractivity contribution is 5.96. The molecular formula is C34H41N3O7. The molecule has 6 rings (SSSR count). The standard InChI is InChI=1S/C34H41N3O7/c1-43-28-15-21(19-39)14-24-30-25(34(42)35-11-13-38)18-27(31(41)33(30)44-32(24)28)37(29(40)16-20-6-2-3-7-20)12-10-23-17-22-8-4-5-9-26(22)36-23/h4-5,8-9,14-15,17-18,20,27,30-31,33,36,38-39,41H,2-3,6-7,10-13,16,19H2,1H3,(H,35,42)/t27-,30+,31+,33+/m1/s1. The van der Waals surface area contributed by atoms with Crippen LogP contribution in [0.4, 0.5) is 0 Å². The van der Waals surface area contributed by atoms with Crippen LogP contribution >= 0.6 is 0 Å². The monoisotopic (exact) mass is 603 g/mol. The van der Waals surface area contributed by atoms with Crippen molar-refractivity contribution in [1.82, 2.24) is 15.2 Å². The van der Waals surface area contributed by atoms with E-state index in [1.54, 1.807) is 23.1 Å². The molecule has 0 radical (unpaired) electrons. The smallest absolute Gasteiger partial charge is 0.247 e. The third-order valence-corrected chi connectivity index (χ3v) is 9.32. The van der Waals surface area contributed by atoms with Crippen LogP contribution in [0.1, 0.15) is 54.8 Å². The van der Waals surface area contributed by atoms with E-state index in [0.717, 1.165) is 42.3 Å². The highest BCUT2D eigenvalue weighted by atomic mass is 16.5. The fourth-order valence-corrected chi connectivity index (χ4v) is 7.15. The van der Waals surface area contributed by atoms with Gasteiger partial charge in [-0.1, -0.05) is 31.0 Å². The summed E-state index contributed by atoms with van der Waals surface area (Å²) >= 11 is 0. The average Bonchev–Trinajstić information content (AvgIpc) is 3.79. The van der Waals surface area contributed by atoms with Crippen LogP contribution in [-0.2, 0) is 22.6 Å². The van der Waals surface area contributed by atoms with E-state index in [1.807, 2.05) is 24.3 Å². The molecule has 2 amide bonds. The fourth-order valence-electron chi connectivity index (χ4n) is 7.15. The molecule has 10 nitrogen and oxygen atoms in total. The Morgan fingerprint density at radius 2 is 1.93 bits per heavy atom. The number of para-hydroxylation sites is 1. The van der Waals surface area contributed by atoms with Crippen LogP contribution in [0.5, 0.6) is 11.5 Å². The van der Waals surface area contributed by atoms with E-state index >= 15 is 0 Å². The second-order valence-electron chi connectivity index (χ2n) is 12.1. The number of methoxy groups -OCH3 is 1. The van der Waals surface area contributed by atoms with Crippen molar-refractivity contribution in [2.45, 2.75) is 69.3 Å². The molecule has 1 saturated carbocycles. The molecule has 234 valence electrons. The molecule has 2 aromatic carbocycles. The number of aromatic nitrogens is 1. The van der Waals surface area contributed by atoms with E-state index in [4.69, 9.17) is 9.47 Å². The number of aromatic amines is 1. The summed E-state index contributed by atoms with van der Waals surface area (Å²) in [6.45, 7) is -0.0753. The zero-order valence-electron chi connectivity index (χ0n) is 25.0. The number of fused-ring (bicyclic) bond motifs is 4. The minimum Gasteiger partial charge on any atom is -0.493 e. The number of aliphatic hydroxyl groups excluding tert-OH is 3. The predicted octanol–water partition coefficient (Wildman–Crippen LogP) is 2.94. The first-order chi connectivity index (χ1) is 21.4. The zero-order valence-corrected chi connectivity index (χ0v) is 25.0. The number of hydrogen-bond donors (Lipinski definition) is 5. The molecule has 4 atom stereocenters. The lowest BCUT2D eigenvalue weighted by atomic mass is 9.77. The second-order valence-corrected chi connectivity index (χ2v) is 12.1. The number of carbonyl (C=O) groups is 2. The summed E-state index contributed by atoms with van der Waals surface area (Å²) in [6, 6.07) is 12.7. The number of aliphatic hydroxyl groups is 3. The topological polar surface area (TPSA) is 144 Å². The SMILES string of the molecule is COc1cc(CO)cc2c1O[C@@H]1[C@@H](O)[C@H](N(CCc3cc4ccccc4[nH]3)C(=O)CC3CCCC3)C=C(C(=O)NCCO)[C@H]21. The van der Waals surface area contributed by atoms with E-state index in [1.165, 1.54) is 7.11 Å². The molecule has 44 heavy (non-hydrogen) atoms. The average molecular weight is 604 g/mol. The summed E-state index contributed by atoms with van der Waals surface area (Å²) in [7, 11) is 1.50. The van der Waals surface area contributed by atoms with Crippen LogP contribution in [-0.4, -0.2) is 82.1 Å². The van der Waals surface area contributed by atoms with Crippen molar-refractivity contribution in [2.75, 3.05) is 26.8 Å². The molecular weight excluding hydrogens is 562 g/mol. The molecule has 2 heterocycles. The largest absolute Gasteiger partial charge is 0.493 e. The predicted molar refractivity (Wildman–Crippen MR) is 164 cm³/mol. The highest BCUT2D eigenvalue weighted by Crippen LogP contribution is 2.51. The van der Waals surface area contributed by atoms with E-state index in [-0.39, 0.29) is 25.7 Å². The molecule has 0 saturated heterocycles. The Morgan fingerprint density at radius 3 is 2.66 bits per heavy atom. The molecule has 3 aliphatic rings. The third kappa shape index (κ3) is 5.81. The van der Waals surface area contributed by atoms with Gasteiger partial charge in [-0.3, -0.25) is 9.59 Å². The van der Waals surface area contributed by atoms with Crippen LogP contribution in [0.15, 0.2) is 54.1 Å². The first-order valence-electron chi connectivity index (χ1n) is 15.5. The fraction of sp³-hybridized carbons (Fsp3) is 0.471. The Kier molecular flexibility index (Phi) is 8.93. The van der Waals surface area contributed by atoms with Crippen LogP contribution in [0, 0.1) is 5.92 Å². The summed E-state index contributed by atoms with van der Waals surface area (Å²) in [5.74, 6) is -0.0195. The summed E-state index contributed by atoms with van der Waals surface area (Å²) in [5, 5.41) is 35.1. The highest BCUT2D eigenvalue weighted by Gasteiger charge is 2.51. The summed E-state index contributed by atoms with van der Waals surface area (Å²) in [6.07, 6.45) is 4.86. The number of nitrogens with one attached hydrogen (secondary N) is 2. The maximum atomic E-state index is 14.0. The maximum Gasteiger partial charge on any atom is 0.247 e. The molecule has 2 aliphatic carbocycles. The van der Waals surface area contributed by atoms with Gasteiger partial charge < -0.3 is 40.0 Å². The summed E-state index contributed by atoms with van der Waals surface area (Å²) < 4.78 is 11.9. The molecule has 10 heteroatoms. The number of ether oxygens (including phenoxy) is 2. The number of hydrogen-bond acceptors (Lipinski definition) is 7. The van der Waals surface area contributed by atoms with Crippen LogP contribution in [0.3, 0.4) is 0 Å². The molecule has 1 aliphatic heterocycles. The summed E-state index contributed by atoms with van der Waals surface area (Å²) in [4.78, 5) is 32.8. The van der Waals surface area contributed by atoms with Crippen LogP contribution < -0.4 is 14.8 Å². The number of amides is 2. The number of benzene rings is 2. The van der Waals surface area contributed by atoms with E-state index in [2.05, 4.69) is 16.4 Å². The zero-order chi connectivity index (χ0) is 30.8. The summed E-state index contributed by atoms with van der Waals surface area (Å²) in [5.41, 5.74) is 3.55. The van der Waals surface area contributed by atoms with Crippen molar-refractivity contribution >= 4 is 22.7 Å². The lowest BCUT2D eigenvalue weighted by Crippen LogP contribution is -2.56. The van der Waals surface area contributed by atoms with Gasteiger partial charge in [-0.05, 0) is 60.1 Å². The van der Waals surface area contributed by atoms with E-state index in [0.29, 0.717) is 53.5 Å². The molecule has 0 unspecified atom stereocenters. The van der Waals surface area contributed by atoms with E-state index < -0.39 is 30.1 Å². The van der Waals surface area contributed by atoms with Gasteiger partial charge in [0.1, 0.15) is 12.2 Å². The molecule has 5 N–H and O–H groups in total. The number of rotatable bonds is 11. The number of H-pyrrole nitrogens is 1. The van der Waals surface area contributed by atoms with Gasteiger partial charge in [0.2, 0.25) is 11.8 Å². The molecule has 3 aromatic rings. The minimum absolute atomic E-state index is 0.0548. The van der Waals surface area contributed by atoms with Crippen molar-refractivity contribution in [1.29, 1.82) is 0 Å². The third-order valence-electron chi connectivity index (χ3n) is 9.32. The van der Waals surface area contributed by atoms with E-state index in [9.17, 15) is 24.9 Å². The Bertz CT molecular complexity index is 1510. The second kappa shape index (κ2) is 13.0. The van der Waals surface area contributed by atoms with Gasteiger partial charge in [-0.25, -0.2) is 0 Å². The Hall–Kier alpha value is -3.86. The van der Waals surface area contributed by atoms with Crippen molar-refractivity contribution in [3.8, 4) is 11.5 Å². The van der Waals surface area contributed by atoms with Gasteiger partial charge >= 0.3 is 0 Å². The first-order valence-corrected chi connectivity index (χ1v) is 15.5. The van der Waals surface area contributed by atoms with Gasteiger partial charge in [0.25, 0.3) is 0 Å². The van der Waals surface area contributed by atoms with Crippen molar-refractivity contribution < 1.29 is 34.4 Å². The number of carbonyl (C=O) groups excluding carboxylic acids is 2. The molecule has 1 aromatic heterocycles. The van der Waals surface area contributed by atoms with Crippen LogP contribution in [0.2, 0.25) is 0 Å². The van der Waals surface area contributed by atoms with Crippen molar-refractivity contribution in [3.63, 3.8) is 0 Å². The molecule has 0 bridgehead atoms. The lowest BCUT2D eigenvalue weighted by molar-refractivity contribution is -0.138. The maximum absolute atomic E-state index is 14.0. The minimum atomic E-state index is -1.14. The van der Waals surface area contributed by atoms with Gasteiger partial charge in [0, 0.05) is 48.3 Å².